The highest BCUT2D eigenvalue weighted by Gasteiger charge is 2.26. The largest absolute Gasteiger partial charge is 0.497 e. The molecule has 1 N–H and O–H groups in total. The molecule has 0 radical (unpaired) electrons. The molecule has 0 aliphatic carbocycles. The van der Waals surface area contributed by atoms with Gasteiger partial charge >= 0.3 is 0 Å². The van der Waals surface area contributed by atoms with E-state index in [1.165, 1.54) is 11.8 Å². The Morgan fingerprint density at radius 1 is 1.09 bits per heavy atom. The van der Waals surface area contributed by atoms with E-state index in [4.69, 9.17) is 4.74 Å². The standard InChI is InChI=1S/C25H28N4O3S/c1-5-15-29-23(22(17(2)3)26-24(31)19-9-7-6-8-10-19)27-28-25(29)33-16-21(30)18-11-13-20(32-4)14-12-18/h5-14,17,22H,1,15-16H2,2-4H3,(H,26,31)/t22-/m1/s1. The maximum absolute atomic E-state index is 12.8. The molecule has 3 rings (SSSR count). The van der Waals surface area contributed by atoms with Crippen molar-refractivity contribution < 1.29 is 14.3 Å². The number of allylic oxidation sites excluding steroid dienone is 1. The van der Waals surface area contributed by atoms with Gasteiger partial charge in [-0.15, -0.1) is 16.8 Å². The van der Waals surface area contributed by atoms with Gasteiger partial charge in [-0.3, -0.25) is 9.59 Å². The molecule has 1 amide bonds. The number of carbonyl (C=O) groups excluding carboxylic acids is 2. The summed E-state index contributed by atoms with van der Waals surface area (Å²) in [5.74, 6) is 1.43. The number of aromatic nitrogens is 3. The normalized spacial score (nSPS) is 11.8. The summed E-state index contributed by atoms with van der Waals surface area (Å²) in [5.41, 5.74) is 1.19. The number of thioether (sulfide) groups is 1. The first-order chi connectivity index (χ1) is 15.9. The average molecular weight is 465 g/mol. The number of amides is 1. The SMILES string of the molecule is C=CCn1c(SCC(=O)c2ccc(OC)cc2)nnc1[C@H](NC(=O)c1ccccc1)C(C)C. The van der Waals surface area contributed by atoms with E-state index in [9.17, 15) is 9.59 Å². The molecular weight excluding hydrogens is 436 g/mol. The number of ether oxygens (including phenoxy) is 1. The summed E-state index contributed by atoms with van der Waals surface area (Å²) in [7, 11) is 1.59. The fraction of sp³-hybridized carbons (Fsp3) is 0.280. The predicted molar refractivity (Wildman–Crippen MR) is 130 cm³/mol. The molecule has 1 heterocycles. The van der Waals surface area contributed by atoms with E-state index >= 15 is 0 Å². The molecule has 0 aliphatic heterocycles. The smallest absolute Gasteiger partial charge is 0.251 e. The second kappa shape index (κ2) is 11.5. The Morgan fingerprint density at radius 2 is 1.79 bits per heavy atom. The van der Waals surface area contributed by atoms with Crippen LogP contribution in [-0.4, -0.2) is 39.3 Å². The van der Waals surface area contributed by atoms with Crippen molar-refractivity contribution >= 4 is 23.5 Å². The Morgan fingerprint density at radius 3 is 2.39 bits per heavy atom. The molecule has 2 aromatic carbocycles. The van der Waals surface area contributed by atoms with Crippen molar-refractivity contribution in [3.8, 4) is 5.75 Å². The van der Waals surface area contributed by atoms with Crippen LogP contribution in [0.3, 0.4) is 0 Å². The van der Waals surface area contributed by atoms with Crippen LogP contribution in [0, 0.1) is 5.92 Å². The van der Waals surface area contributed by atoms with Crippen LogP contribution in [0.1, 0.15) is 46.4 Å². The number of rotatable bonds is 11. The zero-order chi connectivity index (χ0) is 23.8. The van der Waals surface area contributed by atoms with Crippen molar-refractivity contribution in [1.29, 1.82) is 0 Å². The first-order valence-corrected chi connectivity index (χ1v) is 11.6. The van der Waals surface area contributed by atoms with Crippen LogP contribution in [0.4, 0.5) is 0 Å². The molecule has 0 saturated heterocycles. The van der Waals surface area contributed by atoms with Gasteiger partial charge in [0.25, 0.3) is 5.91 Å². The number of methoxy groups -OCH3 is 1. The molecule has 7 nitrogen and oxygen atoms in total. The zero-order valence-corrected chi connectivity index (χ0v) is 19.8. The Hall–Kier alpha value is -3.39. The molecule has 1 atom stereocenters. The molecule has 3 aromatic rings. The van der Waals surface area contributed by atoms with Crippen LogP contribution in [0.2, 0.25) is 0 Å². The third-order valence-corrected chi connectivity index (χ3v) is 6.04. The van der Waals surface area contributed by atoms with E-state index in [1.807, 2.05) is 36.6 Å². The number of benzene rings is 2. The van der Waals surface area contributed by atoms with Crippen molar-refractivity contribution in [3.05, 3.63) is 84.2 Å². The Balaban J connectivity index is 1.78. The summed E-state index contributed by atoms with van der Waals surface area (Å²) in [6.07, 6.45) is 1.75. The zero-order valence-electron chi connectivity index (χ0n) is 19.0. The summed E-state index contributed by atoms with van der Waals surface area (Å²) in [6, 6.07) is 15.7. The summed E-state index contributed by atoms with van der Waals surface area (Å²) in [4.78, 5) is 25.4. The summed E-state index contributed by atoms with van der Waals surface area (Å²) in [6.45, 7) is 8.34. The van der Waals surface area contributed by atoms with E-state index in [0.717, 1.165) is 0 Å². The van der Waals surface area contributed by atoms with Gasteiger partial charge in [-0.1, -0.05) is 49.9 Å². The van der Waals surface area contributed by atoms with Crippen molar-refractivity contribution in [3.63, 3.8) is 0 Å². The van der Waals surface area contributed by atoms with Gasteiger partial charge in [-0.2, -0.15) is 0 Å². The lowest BCUT2D eigenvalue weighted by atomic mass is 10.0. The van der Waals surface area contributed by atoms with Crippen molar-refractivity contribution in [1.82, 2.24) is 20.1 Å². The van der Waals surface area contributed by atoms with Crippen LogP contribution in [0.5, 0.6) is 5.75 Å². The lowest BCUT2D eigenvalue weighted by molar-refractivity contribution is 0.0921. The van der Waals surface area contributed by atoms with E-state index in [2.05, 4.69) is 22.1 Å². The van der Waals surface area contributed by atoms with E-state index in [0.29, 0.717) is 34.4 Å². The molecule has 0 bridgehead atoms. The second-order valence-corrected chi connectivity index (χ2v) is 8.68. The summed E-state index contributed by atoms with van der Waals surface area (Å²) < 4.78 is 7.04. The van der Waals surface area contributed by atoms with Crippen LogP contribution in [0.25, 0.3) is 0 Å². The fourth-order valence-electron chi connectivity index (χ4n) is 3.27. The summed E-state index contributed by atoms with van der Waals surface area (Å²) in [5, 5.41) is 12.4. The van der Waals surface area contributed by atoms with Gasteiger partial charge in [-0.05, 0) is 42.3 Å². The van der Waals surface area contributed by atoms with Crippen molar-refractivity contribution in [2.45, 2.75) is 31.6 Å². The topological polar surface area (TPSA) is 86.1 Å². The molecule has 0 spiro atoms. The molecule has 8 heteroatoms. The highest BCUT2D eigenvalue weighted by Crippen LogP contribution is 2.26. The van der Waals surface area contributed by atoms with Gasteiger partial charge in [0.2, 0.25) is 0 Å². The maximum atomic E-state index is 12.8. The number of carbonyl (C=O) groups is 2. The molecule has 0 fully saturated rings. The summed E-state index contributed by atoms with van der Waals surface area (Å²) >= 11 is 1.31. The quantitative estimate of drug-likeness (QED) is 0.254. The monoisotopic (exact) mass is 464 g/mol. The van der Waals surface area contributed by atoms with Gasteiger partial charge in [-0.25, -0.2) is 0 Å². The molecule has 33 heavy (non-hydrogen) atoms. The number of nitrogens with zero attached hydrogens (tertiary/aromatic N) is 3. The van der Waals surface area contributed by atoms with Crippen molar-refractivity contribution in [2.75, 3.05) is 12.9 Å². The van der Waals surface area contributed by atoms with E-state index < -0.39 is 0 Å². The number of hydrogen-bond donors (Lipinski definition) is 1. The minimum atomic E-state index is -0.350. The first kappa shape index (κ1) is 24.3. The number of hydrogen-bond acceptors (Lipinski definition) is 6. The lowest BCUT2D eigenvalue weighted by Gasteiger charge is -2.22. The molecular formula is C25H28N4O3S. The van der Waals surface area contributed by atoms with Gasteiger partial charge in [0.15, 0.2) is 16.8 Å². The highest BCUT2D eigenvalue weighted by atomic mass is 32.2. The Kier molecular flexibility index (Phi) is 8.43. The minimum Gasteiger partial charge on any atom is -0.497 e. The van der Waals surface area contributed by atoms with E-state index in [-0.39, 0.29) is 29.4 Å². The number of nitrogens with one attached hydrogen (secondary N) is 1. The van der Waals surface area contributed by atoms with Gasteiger partial charge in [0, 0.05) is 17.7 Å². The maximum Gasteiger partial charge on any atom is 0.251 e. The molecule has 0 aliphatic rings. The Bertz CT molecular complexity index is 1090. The van der Waals surface area contributed by atoms with Crippen LogP contribution >= 0.6 is 11.8 Å². The molecule has 0 unspecified atom stereocenters. The van der Waals surface area contributed by atoms with Gasteiger partial charge < -0.3 is 14.6 Å². The second-order valence-electron chi connectivity index (χ2n) is 7.74. The van der Waals surface area contributed by atoms with E-state index in [1.54, 1.807) is 49.6 Å². The molecule has 0 saturated carbocycles. The predicted octanol–water partition coefficient (Wildman–Crippen LogP) is 4.57. The molecule has 172 valence electrons. The third kappa shape index (κ3) is 6.10. The van der Waals surface area contributed by atoms with Crippen LogP contribution < -0.4 is 10.1 Å². The Labute approximate surface area is 198 Å². The number of Topliss-reactive ketones (excluding diaryl/α,β-unsaturated/α-hetero) is 1. The third-order valence-electron chi connectivity index (χ3n) is 5.07. The fourth-order valence-corrected chi connectivity index (χ4v) is 4.12. The minimum absolute atomic E-state index is 0.0184. The average Bonchev–Trinajstić information content (AvgIpc) is 3.23. The van der Waals surface area contributed by atoms with Crippen LogP contribution in [0.15, 0.2) is 72.4 Å². The van der Waals surface area contributed by atoms with Gasteiger partial charge in [0.1, 0.15) is 5.75 Å². The first-order valence-electron chi connectivity index (χ1n) is 10.6. The highest BCUT2D eigenvalue weighted by molar-refractivity contribution is 7.99. The van der Waals surface area contributed by atoms with Gasteiger partial charge in [0.05, 0.1) is 18.9 Å². The molecule has 1 aromatic heterocycles. The van der Waals surface area contributed by atoms with Crippen molar-refractivity contribution in [2.24, 2.45) is 5.92 Å². The van der Waals surface area contributed by atoms with Crippen LogP contribution in [-0.2, 0) is 6.54 Å². The lowest BCUT2D eigenvalue weighted by Crippen LogP contribution is -2.33. The number of ketones is 1.